The highest BCUT2D eigenvalue weighted by Gasteiger charge is 2.38. The highest BCUT2D eigenvalue weighted by molar-refractivity contribution is 6.15. The van der Waals surface area contributed by atoms with Crippen molar-refractivity contribution in [2.75, 3.05) is 5.32 Å². The number of hydrogen-bond donors (Lipinski definition) is 2. The number of hydrogen-bond acceptors (Lipinski definition) is 6. The topological polar surface area (TPSA) is 84.9 Å². The first-order chi connectivity index (χ1) is 9.82. The van der Waals surface area contributed by atoms with Crippen LogP contribution in [0.5, 0.6) is 0 Å². The van der Waals surface area contributed by atoms with Gasteiger partial charge < -0.3 is 19.9 Å². The first-order valence-corrected chi connectivity index (χ1v) is 6.46. The molecule has 2 N–H and O–H groups in total. The number of rotatable bonds is 3. The van der Waals surface area contributed by atoms with Crippen LogP contribution in [-0.4, -0.2) is 22.8 Å². The summed E-state index contributed by atoms with van der Waals surface area (Å²) < 4.78 is 9.98. The largest absolute Gasteiger partial charge is 0.419 e. The Bertz CT molecular complexity index is 596. The van der Waals surface area contributed by atoms with Crippen molar-refractivity contribution in [1.29, 1.82) is 0 Å². The fourth-order valence-electron chi connectivity index (χ4n) is 1.85. The molecule has 0 saturated carbocycles. The zero-order valence-corrected chi connectivity index (χ0v) is 12.1. The summed E-state index contributed by atoms with van der Waals surface area (Å²) in [4.78, 5) is 23.6. The molecule has 1 aromatic carbocycles. The monoisotopic (exact) mass is 291 g/mol. The summed E-state index contributed by atoms with van der Waals surface area (Å²) in [5.74, 6) is -2.72. The van der Waals surface area contributed by atoms with Gasteiger partial charge in [0.25, 0.3) is 5.79 Å². The third-order valence-electron chi connectivity index (χ3n) is 2.97. The molecule has 21 heavy (non-hydrogen) atoms. The highest BCUT2D eigenvalue weighted by Crippen LogP contribution is 2.23. The lowest BCUT2D eigenvalue weighted by molar-refractivity contribution is -0.222. The van der Waals surface area contributed by atoms with E-state index in [4.69, 9.17) is 14.6 Å². The normalized spacial score (nSPS) is 17.0. The average molecular weight is 291 g/mol. The first-order valence-electron chi connectivity index (χ1n) is 6.46. The average Bonchev–Trinajstić information content (AvgIpc) is 2.38. The highest BCUT2D eigenvalue weighted by atomic mass is 16.7. The Morgan fingerprint density at radius 2 is 1.86 bits per heavy atom. The molecule has 1 heterocycles. The minimum absolute atomic E-state index is 0.0934. The van der Waals surface area contributed by atoms with Gasteiger partial charge in [0.05, 0.1) is 6.61 Å². The van der Waals surface area contributed by atoms with Gasteiger partial charge in [-0.1, -0.05) is 12.1 Å². The summed E-state index contributed by atoms with van der Waals surface area (Å²) >= 11 is 0. The van der Waals surface area contributed by atoms with Crippen molar-refractivity contribution < 1.29 is 24.2 Å². The van der Waals surface area contributed by atoms with E-state index in [0.29, 0.717) is 5.69 Å². The van der Waals surface area contributed by atoms with Crippen LogP contribution in [0.2, 0.25) is 0 Å². The SMILES string of the molecule is Cc1ccc(CO)cc1NC=C1C(=O)OC(C)(C)OC1=O. The van der Waals surface area contributed by atoms with Gasteiger partial charge >= 0.3 is 11.9 Å². The summed E-state index contributed by atoms with van der Waals surface area (Å²) in [5, 5.41) is 12.0. The van der Waals surface area contributed by atoms with E-state index in [9.17, 15) is 9.59 Å². The molecule has 0 bridgehead atoms. The Kier molecular flexibility index (Phi) is 3.99. The predicted octanol–water partition coefficient (Wildman–Crippen LogP) is 1.62. The molecule has 0 atom stereocenters. The van der Waals surface area contributed by atoms with Crippen LogP contribution in [0.15, 0.2) is 30.0 Å². The maximum atomic E-state index is 11.8. The third kappa shape index (κ3) is 3.41. The van der Waals surface area contributed by atoms with E-state index in [1.807, 2.05) is 13.0 Å². The lowest BCUT2D eigenvalue weighted by Crippen LogP contribution is -2.42. The van der Waals surface area contributed by atoms with E-state index in [2.05, 4.69) is 5.32 Å². The summed E-state index contributed by atoms with van der Waals surface area (Å²) in [6.45, 7) is 4.75. The maximum absolute atomic E-state index is 11.8. The van der Waals surface area contributed by atoms with E-state index in [0.717, 1.165) is 11.1 Å². The fraction of sp³-hybridized carbons (Fsp3) is 0.333. The van der Waals surface area contributed by atoms with Crippen molar-refractivity contribution in [3.8, 4) is 0 Å². The number of aliphatic hydroxyl groups is 1. The van der Waals surface area contributed by atoms with Crippen molar-refractivity contribution in [3.05, 3.63) is 41.1 Å². The van der Waals surface area contributed by atoms with Gasteiger partial charge in [-0.25, -0.2) is 9.59 Å². The van der Waals surface area contributed by atoms with Crippen LogP contribution in [0.3, 0.4) is 0 Å². The standard InChI is InChI=1S/C15H17NO5/c1-9-4-5-10(8-17)6-12(9)16-7-11-13(18)20-15(2,3)21-14(11)19/h4-7,16-17H,8H2,1-3H3. The molecule has 1 fully saturated rings. The van der Waals surface area contributed by atoms with Crippen LogP contribution in [0.4, 0.5) is 5.69 Å². The van der Waals surface area contributed by atoms with Crippen LogP contribution in [-0.2, 0) is 25.7 Å². The second-order valence-corrected chi connectivity index (χ2v) is 5.19. The number of esters is 2. The molecule has 1 aliphatic heterocycles. The Balaban J connectivity index is 2.21. The molecular formula is C15H17NO5. The van der Waals surface area contributed by atoms with Crippen molar-refractivity contribution in [2.24, 2.45) is 0 Å². The van der Waals surface area contributed by atoms with Crippen LogP contribution >= 0.6 is 0 Å². The molecule has 1 aliphatic rings. The number of aryl methyl sites for hydroxylation is 1. The molecule has 1 aromatic rings. The maximum Gasteiger partial charge on any atom is 0.350 e. The molecule has 6 heteroatoms. The van der Waals surface area contributed by atoms with Crippen LogP contribution in [0.25, 0.3) is 0 Å². The van der Waals surface area contributed by atoms with Crippen LogP contribution in [0.1, 0.15) is 25.0 Å². The van der Waals surface area contributed by atoms with Gasteiger partial charge in [0.15, 0.2) is 5.57 Å². The van der Waals surface area contributed by atoms with Gasteiger partial charge in [0, 0.05) is 25.7 Å². The molecule has 0 radical (unpaired) electrons. The van der Waals surface area contributed by atoms with Crippen molar-refractivity contribution >= 4 is 17.6 Å². The number of carbonyl (C=O) groups excluding carboxylic acids is 2. The molecule has 0 unspecified atom stereocenters. The minimum Gasteiger partial charge on any atom is -0.419 e. The molecule has 2 rings (SSSR count). The molecule has 1 saturated heterocycles. The number of ether oxygens (including phenoxy) is 2. The lowest BCUT2D eigenvalue weighted by atomic mass is 10.1. The van der Waals surface area contributed by atoms with E-state index in [1.165, 1.54) is 20.0 Å². The number of cyclic esters (lactones) is 2. The summed E-state index contributed by atoms with van der Waals surface area (Å²) in [6.07, 6.45) is 1.25. The van der Waals surface area contributed by atoms with Crippen LogP contribution in [0, 0.1) is 6.92 Å². The molecule has 0 aliphatic carbocycles. The third-order valence-corrected chi connectivity index (χ3v) is 2.97. The van der Waals surface area contributed by atoms with Gasteiger partial charge in [0.2, 0.25) is 0 Å². The number of aliphatic hydroxyl groups excluding tert-OH is 1. The van der Waals surface area contributed by atoms with Gasteiger partial charge in [-0.2, -0.15) is 0 Å². The molecular weight excluding hydrogens is 274 g/mol. The Hall–Kier alpha value is -2.34. The first kappa shape index (κ1) is 15.1. The predicted molar refractivity (Wildman–Crippen MR) is 75.1 cm³/mol. The summed E-state index contributed by atoms with van der Waals surface area (Å²) in [7, 11) is 0. The second kappa shape index (κ2) is 5.57. The van der Waals surface area contributed by atoms with Crippen molar-refractivity contribution in [2.45, 2.75) is 33.2 Å². The number of benzene rings is 1. The van der Waals surface area contributed by atoms with E-state index in [-0.39, 0.29) is 12.2 Å². The molecule has 0 spiro atoms. The molecule has 0 aromatic heterocycles. The van der Waals surface area contributed by atoms with E-state index < -0.39 is 17.7 Å². The number of carbonyl (C=O) groups is 2. The van der Waals surface area contributed by atoms with Crippen molar-refractivity contribution in [1.82, 2.24) is 0 Å². The Labute approximate surface area is 122 Å². The zero-order valence-electron chi connectivity index (χ0n) is 12.1. The second-order valence-electron chi connectivity index (χ2n) is 5.19. The molecule has 112 valence electrons. The van der Waals surface area contributed by atoms with Crippen LogP contribution < -0.4 is 5.32 Å². The van der Waals surface area contributed by atoms with E-state index in [1.54, 1.807) is 12.1 Å². The number of anilines is 1. The molecule has 0 amide bonds. The van der Waals surface area contributed by atoms with Gasteiger partial charge in [0.1, 0.15) is 0 Å². The minimum atomic E-state index is -1.25. The number of nitrogens with one attached hydrogen (secondary N) is 1. The smallest absolute Gasteiger partial charge is 0.350 e. The fourth-order valence-corrected chi connectivity index (χ4v) is 1.85. The quantitative estimate of drug-likeness (QED) is 0.500. The van der Waals surface area contributed by atoms with Crippen molar-refractivity contribution in [3.63, 3.8) is 0 Å². The Morgan fingerprint density at radius 3 is 2.43 bits per heavy atom. The van der Waals surface area contributed by atoms with Gasteiger partial charge in [-0.05, 0) is 24.1 Å². The lowest BCUT2D eigenvalue weighted by Gasteiger charge is -2.29. The summed E-state index contributed by atoms with van der Waals surface area (Å²) in [6, 6.07) is 5.35. The zero-order chi connectivity index (χ0) is 15.6. The summed E-state index contributed by atoms with van der Waals surface area (Å²) in [5.41, 5.74) is 2.10. The van der Waals surface area contributed by atoms with Gasteiger partial charge in [-0.15, -0.1) is 0 Å². The Morgan fingerprint density at radius 1 is 1.24 bits per heavy atom. The molecule has 6 nitrogen and oxygen atoms in total. The van der Waals surface area contributed by atoms with Gasteiger partial charge in [-0.3, -0.25) is 0 Å². The van der Waals surface area contributed by atoms with E-state index >= 15 is 0 Å².